The summed E-state index contributed by atoms with van der Waals surface area (Å²) >= 11 is 0. The Balaban J connectivity index is 3.24. The van der Waals surface area contributed by atoms with E-state index in [-0.39, 0.29) is 11.8 Å². The smallest absolute Gasteiger partial charge is 0.321 e. The van der Waals surface area contributed by atoms with E-state index in [1.54, 1.807) is 0 Å². The average molecular weight is 326 g/mol. The van der Waals surface area contributed by atoms with Gasteiger partial charge in [-0.15, -0.1) is 0 Å². The molecule has 1 fully saturated rings. The van der Waals surface area contributed by atoms with Crippen LogP contribution in [0.5, 0.6) is 0 Å². The average Bonchev–Trinajstić information content (AvgIpc) is 2.50. The third-order valence-electron chi connectivity index (χ3n) is 6.59. The third-order valence-corrected chi connectivity index (χ3v) is 6.59. The zero-order valence-corrected chi connectivity index (χ0v) is 15.2. The molecule has 0 aromatic rings. The molecule has 23 heavy (non-hydrogen) atoms. The zero-order valence-electron chi connectivity index (χ0n) is 15.2. The number of rotatable bonds is 9. The zero-order chi connectivity index (χ0) is 17.7. The molecule has 2 N–H and O–H groups in total. The first-order valence-corrected chi connectivity index (χ1v) is 9.29. The molecule has 0 aromatic carbocycles. The minimum absolute atomic E-state index is 0.159. The van der Waals surface area contributed by atoms with E-state index in [0.717, 1.165) is 44.9 Å². The largest absolute Gasteiger partial charge is 0.480 e. The van der Waals surface area contributed by atoms with Crippen LogP contribution in [0.3, 0.4) is 0 Å². The topological polar surface area (TPSA) is 74.6 Å². The van der Waals surface area contributed by atoms with E-state index in [1.807, 2.05) is 13.8 Å². The van der Waals surface area contributed by atoms with Gasteiger partial charge in [0, 0.05) is 0 Å². The second-order valence-electron chi connectivity index (χ2n) is 7.42. The molecule has 1 saturated carbocycles. The van der Waals surface area contributed by atoms with E-state index >= 15 is 0 Å². The number of carboxylic acids is 2. The predicted octanol–water partition coefficient (Wildman–Crippen LogP) is 4.96. The van der Waals surface area contributed by atoms with Crippen molar-refractivity contribution in [3.63, 3.8) is 0 Å². The summed E-state index contributed by atoms with van der Waals surface area (Å²) in [6.45, 7) is 8.04. The highest BCUT2D eigenvalue weighted by molar-refractivity contribution is 6.00. The first-order chi connectivity index (χ1) is 10.8. The molecule has 0 heterocycles. The van der Waals surface area contributed by atoms with Crippen LogP contribution in [0, 0.1) is 22.7 Å². The van der Waals surface area contributed by atoms with Crippen molar-refractivity contribution < 1.29 is 19.8 Å². The van der Waals surface area contributed by atoms with E-state index < -0.39 is 22.8 Å². The summed E-state index contributed by atoms with van der Waals surface area (Å²) in [6, 6.07) is 0. The Kier molecular flexibility index (Phi) is 7.09. The van der Waals surface area contributed by atoms with Crippen LogP contribution in [0.1, 0.15) is 85.5 Å². The van der Waals surface area contributed by atoms with Gasteiger partial charge in [0.2, 0.25) is 0 Å². The molecule has 1 aliphatic rings. The van der Waals surface area contributed by atoms with Gasteiger partial charge in [-0.3, -0.25) is 9.59 Å². The summed E-state index contributed by atoms with van der Waals surface area (Å²) in [5, 5.41) is 20.1. The van der Waals surface area contributed by atoms with E-state index in [9.17, 15) is 19.8 Å². The first kappa shape index (κ1) is 20.0. The maximum atomic E-state index is 12.3. The lowest BCUT2D eigenvalue weighted by Gasteiger charge is -2.55. The number of hydrogen-bond donors (Lipinski definition) is 2. The molecule has 4 nitrogen and oxygen atoms in total. The third kappa shape index (κ3) is 3.27. The van der Waals surface area contributed by atoms with Crippen LogP contribution in [-0.2, 0) is 9.59 Å². The minimum atomic E-state index is -1.65. The fourth-order valence-electron chi connectivity index (χ4n) is 5.06. The molecular weight excluding hydrogens is 292 g/mol. The number of aliphatic carboxylic acids is 2. The predicted molar refractivity (Wildman–Crippen MR) is 91.4 cm³/mol. The molecule has 3 atom stereocenters. The van der Waals surface area contributed by atoms with Crippen LogP contribution in [0.2, 0.25) is 0 Å². The Bertz CT molecular complexity index is 404. The van der Waals surface area contributed by atoms with Gasteiger partial charge in [-0.05, 0) is 42.9 Å². The highest BCUT2D eigenvalue weighted by Crippen LogP contribution is 2.60. The van der Waals surface area contributed by atoms with Crippen molar-refractivity contribution >= 4 is 11.9 Å². The van der Waals surface area contributed by atoms with Gasteiger partial charge in [-0.25, -0.2) is 0 Å². The van der Waals surface area contributed by atoms with Gasteiger partial charge >= 0.3 is 11.9 Å². The Morgan fingerprint density at radius 1 is 0.957 bits per heavy atom. The second-order valence-corrected chi connectivity index (χ2v) is 7.42. The van der Waals surface area contributed by atoms with Gasteiger partial charge in [0.15, 0.2) is 5.41 Å². The van der Waals surface area contributed by atoms with Crippen molar-refractivity contribution in [1.29, 1.82) is 0 Å². The summed E-state index contributed by atoms with van der Waals surface area (Å²) in [5.74, 6) is -2.37. The Hall–Kier alpha value is -1.06. The van der Waals surface area contributed by atoms with Crippen molar-refractivity contribution in [2.24, 2.45) is 22.7 Å². The lowest BCUT2D eigenvalue weighted by Crippen LogP contribution is -2.61. The molecule has 3 unspecified atom stereocenters. The summed E-state index contributed by atoms with van der Waals surface area (Å²) in [5.41, 5.74) is -2.33. The van der Waals surface area contributed by atoms with Gasteiger partial charge < -0.3 is 10.2 Å². The van der Waals surface area contributed by atoms with Crippen LogP contribution >= 0.6 is 0 Å². The van der Waals surface area contributed by atoms with Crippen molar-refractivity contribution in [3.8, 4) is 0 Å². The van der Waals surface area contributed by atoms with Crippen LogP contribution in [0.15, 0.2) is 0 Å². The van der Waals surface area contributed by atoms with Gasteiger partial charge in [0.1, 0.15) is 0 Å². The molecule has 0 aromatic heterocycles. The molecule has 0 saturated heterocycles. The molecule has 1 aliphatic carbocycles. The standard InChI is InChI=1S/C19H34O4/c1-5-8-9-10-11-15-13-12-14(6-2)18(4,7-3)19(15,16(20)21)17(22)23/h14-15H,5-13H2,1-4H3,(H,20,21)(H,22,23). The summed E-state index contributed by atoms with van der Waals surface area (Å²) in [7, 11) is 0. The second kappa shape index (κ2) is 8.16. The molecule has 134 valence electrons. The van der Waals surface area contributed by atoms with Gasteiger partial charge in [-0.1, -0.05) is 59.8 Å². The van der Waals surface area contributed by atoms with Gasteiger partial charge in [0.25, 0.3) is 0 Å². The van der Waals surface area contributed by atoms with E-state index in [0.29, 0.717) is 12.8 Å². The summed E-state index contributed by atoms with van der Waals surface area (Å²) in [4.78, 5) is 24.5. The maximum absolute atomic E-state index is 12.3. The molecule has 0 amide bonds. The number of unbranched alkanes of at least 4 members (excludes halogenated alkanes) is 3. The van der Waals surface area contributed by atoms with Crippen LogP contribution in [0.25, 0.3) is 0 Å². The SMILES string of the molecule is CCCCCCC1CCC(CC)C(C)(CC)C1(C(=O)O)C(=O)O. The van der Waals surface area contributed by atoms with Crippen LogP contribution < -0.4 is 0 Å². The minimum Gasteiger partial charge on any atom is -0.480 e. The Labute approximate surface area is 140 Å². The van der Waals surface area contributed by atoms with E-state index in [2.05, 4.69) is 13.8 Å². The Morgan fingerprint density at radius 3 is 1.96 bits per heavy atom. The lowest BCUT2D eigenvalue weighted by molar-refractivity contribution is -0.196. The normalized spacial score (nSPS) is 30.1. The van der Waals surface area contributed by atoms with Crippen LogP contribution in [-0.4, -0.2) is 22.2 Å². The molecule has 0 radical (unpaired) electrons. The van der Waals surface area contributed by atoms with Crippen molar-refractivity contribution in [3.05, 3.63) is 0 Å². The van der Waals surface area contributed by atoms with Crippen LogP contribution in [0.4, 0.5) is 0 Å². The molecule has 1 rings (SSSR count). The fraction of sp³-hybridized carbons (Fsp3) is 0.895. The molecular formula is C19H34O4. The van der Waals surface area contributed by atoms with E-state index in [4.69, 9.17) is 0 Å². The highest BCUT2D eigenvalue weighted by Gasteiger charge is 2.66. The first-order valence-electron chi connectivity index (χ1n) is 9.29. The van der Waals surface area contributed by atoms with Gasteiger partial charge in [-0.2, -0.15) is 0 Å². The van der Waals surface area contributed by atoms with Crippen molar-refractivity contribution in [2.75, 3.05) is 0 Å². The monoisotopic (exact) mass is 326 g/mol. The number of carbonyl (C=O) groups is 2. The number of carboxylic acid groups (broad SMARTS) is 2. The molecule has 4 heteroatoms. The fourth-order valence-corrected chi connectivity index (χ4v) is 5.06. The Morgan fingerprint density at radius 2 is 1.52 bits per heavy atom. The molecule has 0 aliphatic heterocycles. The maximum Gasteiger partial charge on any atom is 0.321 e. The number of hydrogen-bond acceptors (Lipinski definition) is 2. The molecule has 0 bridgehead atoms. The highest BCUT2D eigenvalue weighted by atomic mass is 16.4. The molecule has 0 spiro atoms. The van der Waals surface area contributed by atoms with Crippen molar-refractivity contribution in [2.45, 2.75) is 85.5 Å². The van der Waals surface area contributed by atoms with Gasteiger partial charge in [0.05, 0.1) is 0 Å². The quantitative estimate of drug-likeness (QED) is 0.463. The van der Waals surface area contributed by atoms with E-state index in [1.165, 1.54) is 0 Å². The summed E-state index contributed by atoms with van der Waals surface area (Å²) in [6.07, 6.45) is 8.05. The lowest BCUT2D eigenvalue weighted by atomic mass is 9.46. The summed E-state index contributed by atoms with van der Waals surface area (Å²) < 4.78 is 0. The van der Waals surface area contributed by atoms with Crippen molar-refractivity contribution in [1.82, 2.24) is 0 Å².